The molecule has 2 rings (SSSR count). The van der Waals surface area contributed by atoms with Crippen LogP contribution in [0.2, 0.25) is 0 Å². The van der Waals surface area contributed by atoms with E-state index in [-0.39, 0.29) is 0 Å². The summed E-state index contributed by atoms with van der Waals surface area (Å²) in [7, 11) is 3.51. The van der Waals surface area contributed by atoms with Crippen LogP contribution in [0.3, 0.4) is 0 Å². The van der Waals surface area contributed by atoms with Gasteiger partial charge in [0.2, 0.25) is 0 Å². The minimum Gasteiger partial charge on any atom is -0.496 e. The lowest BCUT2D eigenvalue weighted by atomic mass is 9.99. The van der Waals surface area contributed by atoms with Crippen LogP contribution in [0, 0.1) is 0 Å². The normalized spacial score (nSPS) is 14.6. The molecule has 0 saturated heterocycles. The zero-order chi connectivity index (χ0) is 11.7. The van der Waals surface area contributed by atoms with Crippen molar-refractivity contribution in [1.82, 2.24) is 0 Å². The lowest BCUT2D eigenvalue weighted by Gasteiger charge is -2.28. The van der Waals surface area contributed by atoms with Gasteiger partial charge in [-0.1, -0.05) is 12.2 Å². The van der Waals surface area contributed by atoms with Crippen LogP contribution in [0.4, 0.5) is 5.69 Å². The molecule has 1 aliphatic rings. The first-order valence-electron chi connectivity index (χ1n) is 5.10. The zero-order valence-corrected chi connectivity index (χ0v) is 10.1. The Hall–Kier alpha value is -1.42. The van der Waals surface area contributed by atoms with Crippen LogP contribution < -0.4 is 9.64 Å². The summed E-state index contributed by atoms with van der Waals surface area (Å²) in [5.74, 6) is 0.602. The first kappa shape index (κ1) is 11.1. The zero-order valence-electron chi connectivity index (χ0n) is 9.32. The molecule has 3 nitrogen and oxygen atoms in total. The van der Waals surface area contributed by atoms with Crippen LogP contribution in [-0.2, 0) is 6.42 Å². The number of aryl methyl sites for hydroxylation is 1. The van der Waals surface area contributed by atoms with E-state index in [0.29, 0.717) is 11.3 Å². The van der Waals surface area contributed by atoms with Crippen molar-refractivity contribution >= 4 is 29.2 Å². The van der Waals surface area contributed by atoms with Crippen LogP contribution in [0.1, 0.15) is 22.3 Å². The van der Waals surface area contributed by atoms with Gasteiger partial charge in [0.1, 0.15) is 5.75 Å². The average Bonchev–Trinajstić information content (AvgIpc) is 2.32. The van der Waals surface area contributed by atoms with Gasteiger partial charge in [0.25, 0.3) is 0 Å². The standard InChI is InChI=1S/C12H13NO2S/c1-13-10-6-11(15-2)9(7-14)5-8(10)3-4-12(13)16/h5-7H,3-4H2,1-2H3. The fourth-order valence-electron chi connectivity index (χ4n) is 1.96. The van der Waals surface area contributed by atoms with E-state index >= 15 is 0 Å². The van der Waals surface area contributed by atoms with Crippen molar-refractivity contribution in [3.63, 3.8) is 0 Å². The summed E-state index contributed by atoms with van der Waals surface area (Å²) in [5, 5.41) is 0. The number of carbonyl (C=O) groups is 1. The van der Waals surface area contributed by atoms with Crippen LogP contribution in [0.25, 0.3) is 0 Å². The summed E-state index contributed by atoms with van der Waals surface area (Å²) in [6.45, 7) is 0. The maximum Gasteiger partial charge on any atom is 0.153 e. The highest BCUT2D eigenvalue weighted by molar-refractivity contribution is 7.80. The Morgan fingerprint density at radius 3 is 2.81 bits per heavy atom. The lowest BCUT2D eigenvalue weighted by molar-refractivity contribution is 0.112. The third-order valence-electron chi connectivity index (χ3n) is 2.90. The van der Waals surface area contributed by atoms with E-state index in [1.807, 2.05) is 24.1 Å². The largest absolute Gasteiger partial charge is 0.496 e. The first-order valence-corrected chi connectivity index (χ1v) is 5.51. The molecule has 0 radical (unpaired) electrons. The van der Waals surface area contributed by atoms with Crippen molar-refractivity contribution in [2.45, 2.75) is 12.8 Å². The third-order valence-corrected chi connectivity index (χ3v) is 3.38. The molecule has 1 aromatic rings. The SMILES string of the molecule is COc1cc2c(cc1C=O)CCC(=S)N2C. The van der Waals surface area contributed by atoms with Gasteiger partial charge in [-0.3, -0.25) is 4.79 Å². The summed E-state index contributed by atoms with van der Waals surface area (Å²) in [5.41, 5.74) is 2.79. The smallest absolute Gasteiger partial charge is 0.153 e. The number of hydrogen-bond donors (Lipinski definition) is 0. The number of rotatable bonds is 2. The van der Waals surface area contributed by atoms with Gasteiger partial charge >= 0.3 is 0 Å². The van der Waals surface area contributed by atoms with E-state index in [1.54, 1.807) is 7.11 Å². The van der Waals surface area contributed by atoms with Crippen LogP contribution in [0.15, 0.2) is 12.1 Å². The van der Waals surface area contributed by atoms with Crippen LogP contribution >= 0.6 is 12.2 Å². The number of ether oxygens (including phenoxy) is 1. The Morgan fingerprint density at radius 2 is 2.19 bits per heavy atom. The summed E-state index contributed by atoms with van der Waals surface area (Å²) < 4.78 is 5.18. The minimum atomic E-state index is 0.600. The van der Waals surface area contributed by atoms with Crippen molar-refractivity contribution in [3.05, 3.63) is 23.3 Å². The van der Waals surface area contributed by atoms with Crippen molar-refractivity contribution in [2.75, 3.05) is 19.1 Å². The Balaban J connectivity index is 2.56. The molecule has 0 fully saturated rings. The van der Waals surface area contributed by atoms with Crippen molar-refractivity contribution in [2.24, 2.45) is 0 Å². The quantitative estimate of drug-likeness (QED) is 0.580. The Morgan fingerprint density at radius 1 is 1.44 bits per heavy atom. The average molecular weight is 235 g/mol. The number of carbonyl (C=O) groups excluding carboxylic acids is 1. The monoisotopic (exact) mass is 235 g/mol. The molecule has 0 saturated carbocycles. The molecule has 1 heterocycles. The molecule has 0 spiro atoms. The molecule has 0 amide bonds. The second-order valence-electron chi connectivity index (χ2n) is 3.79. The molecule has 0 aliphatic carbocycles. The first-order chi connectivity index (χ1) is 7.67. The van der Waals surface area contributed by atoms with Gasteiger partial charge in [-0.05, 0) is 18.1 Å². The topological polar surface area (TPSA) is 29.5 Å². The van der Waals surface area contributed by atoms with Crippen molar-refractivity contribution in [3.8, 4) is 5.75 Å². The predicted molar refractivity (Wildman–Crippen MR) is 67.7 cm³/mol. The van der Waals surface area contributed by atoms with Gasteiger partial charge in [-0.2, -0.15) is 0 Å². The summed E-state index contributed by atoms with van der Waals surface area (Å²) >= 11 is 5.26. The van der Waals surface area contributed by atoms with E-state index in [9.17, 15) is 4.79 Å². The van der Waals surface area contributed by atoms with E-state index in [0.717, 1.165) is 35.4 Å². The molecule has 0 aromatic heterocycles. The number of fused-ring (bicyclic) bond motifs is 1. The number of thiocarbonyl (C=S) groups is 1. The number of anilines is 1. The molecular formula is C12H13NO2S. The molecular weight excluding hydrogens is 222 g/mol. The van der Waals surface area contributed by atoms with Crippen molar-refractivity contribution < 1.29 is 9.53 Å². The number of benzene rings is 1. The third kappa shape index (κ3) is 1.69. The maximum atomic E-state index is 10.9. The van der Waals surface area contributed by atoms with E-state index < -0.39 is 0 Å². The fourth-order valence-corrected chi connectivity index (χ4v) is 2.16. The molecule has 16 heavy (non-hydrogen) atoms. The predicted octanol–water partition coefficient (Wildman–Crippen LogP) is 2.22. The minimum absolute atomic E-state index is 0.600. The number of hydrogen-bond acceptors (Lipinski definition) is 3. The highest BCUT2D eigenvalue weighted by atomic mass is 32.1. The van der Waals surface area contributed by atoms with Gasteiger partial charge in [0.15, 0.2) is 6.29 Å². The second-order valence-corrected chi connectivity index (χ2v) is 4.26. The molecule has 0 unspecified atom stereocenters. The van der Waals surface area contributed by atoms with Crippen molar-refractivity contribution in [1.29, 1.82) is 0 Å². The molecule has 0 N–H and O–H groups in total. The number of aldehydes is 1. The molecule has 0 atom stereocenters. The Kier molecular flexibility index (Phi) is 2.92. The maximum absolute atomic E-state index is 10.9. The van der Waals surface area contributed by atoms with Gasteiger partial charge in [0, 0.05) is 25.2 Å². The van der Waals surface area contributed by atoms with Gasteiger partial charge < -0.3 is 9.64 Å². The molecule has 0 bridgehead atoms. The van der Waals surface area contributed by atoms with Crippen LogP contribution in [-0.4, -0.2) is 25.4 Å². The summed E-state index contributed by atoms with van der Waals surface area (Å²) in [6, 6.07) is 3.77. The van der Waals surface area contributed by atoms with E-state index in [4.69, 9.17) is 17.0 Å². The highest BCUT2D eigenvalue weighted by Gasteiger charge is 2.20. The highest BCUT2D eigenvalue weighted by Crippen LogP contribution is 2.33. The number of methoxy groups -OCH3 is 1. The van der Waals surface area contributed by atoms with E-state index in [1.165, 1.54) is 0 Å². The molecule has 1 aliphatic heterocycles. The summed E-state index contributed by atoms with van der Waals surface area (Å²) in [4.78, 5) is 13.8. The van der Waals surface area contributed by atoms with E-state index in [2.05, 4.69) is 0 Å². The van der Waals surface area contributed by atoms with Crippen LogP contribution in [0.5, 0.6) is 5.75 Å². The molecule has 4 heteroatoms. The van der Waals surface area contributed by atoms with Gasteiger partial charge in [-0.15, -0.1) is 0 Å². The number of nitrogens with zero attached hydrogens (tertiary/aromatic N) is 1. The summed E-state index contributed by atoms with van der Waals surface area (Å²) in [6.07, 6.45) is 2.58. The van der Waals surface area contributed by atoms with Gasteiger partial charge in [-0.25, -0.2) is 0 Å². The second kappa shape index (κ2) is 4.22. The molecule has 84 valence electrons. The fraction of sp³-hybridized carbons (Fsp3) is 0.333. The van der Waals surface area contributed by atoms with Gasteiger partial charge in [0.05, 0.1) is 17.7 Å². The molecule has 1 aromatic carbocycles. The Bertz CT molecular complexity index is 457. The Labute approximate surface area is 100 Å². The lowest BCUT2D eigenvalue weighted by Crippen LogP contribution is -2.29.